The van der Waals surface area contributed by atoms with Gasteiger partial charge in [-0.3, -0.25) is 4.52 Å². The summed E-state index contributed by atoms with van der Waals surface area (Å²) in [6.07, 6.45) is -2.56. The third-order valence-corrected chi connectivity index (χ3v) is 9.12. The van der Waals surface area contributed by atoms with Crippen molar-refractivity contribution < 1.29 is 36.6 Å². The summed E-state index contributed by atoms with van der Waals surface area (Å²) in [7, 11) is -1.92. The van der Waals surface area contributed by atoms with E-state index in [0.717, 1.165) is 32.3 Å². The maximum atomic E-state index is 6.73. The van der Waals surface area contributed by atoms with E-state index in [1.54, 1.807) is 0 Å². The van der Waals surface area contributed by atoms with Gasteiger partial charge in [0.05, 0.1) is 6.61 Å². The Morgan fingerprint density at radius 1 is 0.683 bits per heavy atom. The van der Waals surface area contributed by atoms with Gasteiger partial charge in [-0.2, -0.15) is 0 Å². The zero-order chi connectivity index (χ0) is 27.9. The maximum absolute atomic E-state index is 6.73. The van der Waals surface area contributed by atoms with Gasteiger partial charge in [0.2, 0.25) is 0 Å². The maximum Gasteiger partial charge on any atom is 0.387 e. The Labute approximate surface area is 237 Å². The smallest absolute Gasteiger partial charge is 0.387 e. The van der Waals surface area contributed by atoms with Crippen molar-refractivity contribution in [2.24, 2.45) is 0 Å². The van der Waals surface area contributed by atoms with Crippen molar-refractivity contribution in [3.8, 4) is 0 Å². The van der Waals surface area contributed by atoms with Gasteiger partial charge in [0, 0.05) is 10.8 Å². The summed E-state index contributed by atoms with van der Waals surface area (Å²) in [5.74, 6) is -1.54. The molecule has 1 aromatic heterocycles. The lowest BCUT2D eigenvalue weighted by Crippen LogP contribution is -2.45. The highest BCUT2D eigenvalue weighted by Gasteiger charge is 2.59. The molecule has 4 aromatic carbocycles. The molecular formula is C32H31O8P. The molecule has 3 fully saturated rings. The molecule has 3 aliphatic heterocycles. The van der Waals surface area contributed by atoms with E-state index in [2.05, 4.69) is 36.4 Å². The molecule has 0 radical (unpaired) electrons. The first-order chi connectivity index (χ1) is 19.7. The lowest BCUT2D eigenvalue weighted by atomic mass is 9.99. The largest absolute Gasteiger partial charge is 0.399 e. The lowest BCUT2D eigenvalue weighted by molar-refractivity contribution is -0.228. The van der Waals surface area contributed by atoms with Crippen molar-refractivity contribution in [3.63, 3.8) is 0 Å². The van der Waals surface area contributed by atoms with Crippen LogP contribution in [-0.2, 0) is 23.7 Å². The molecule has 8 rings (SSSR count). The summed E-state index contributed by atoms with van der Waals surface area (Å²) < 4.78 is 50.7. The minimum absolute atomic E-state index is 0.365. The topological polar surface area (TPSA) is 81.7 Å². The van der Waals surface area contributed by atoms with Crippen LogP contribution in [0.25, 0.3) is 43.5 Å². The van der Waals surface area contributed by atoms with Crippen LogP contribution in [0.4, 0.5) is 0 Å². The number of fused-ring (bicyclic) bond motifs is 8. The normalized spacial score (nSPS) is 28.6. The summed E-state index contributed by atoms with van der Waals surface area (Å²) in [6.45, 7) is 7.87. The number of hydrogen-bond acceptors (Lipinski definition) is 8. The highest BCUT2D eigenvalue weighted by Crippen LogP contribution is 2.46. The van der Waals surface area contributed by atoms with Crippen molar-refractivity contribution in [1.82, 2.24) is 0 Å². The standard InChI is InChI=1S/C32H31O8P/c1-31(2)33-17-24(35-31)27-28(29-30(34-27)37-32(3,4)36-29)40-41-38-22-15-13-18-9-5-7-11-20(18)25(22)26-21-12-8-6-10-19(21)14-16-23(26)39-41/h5-16,24,27-30H,17H2,1-4H3/t24-,27+,28-,29+,30+/m0/s1. The van der Waals surface area contributed by atoms with E-state index in [0.29, 0.717) is 17.8 Å². The Morgan fingerprint density at radius 2 is 1.29 bits per heavy atom. The summed E-state index contributed by atoms with van der Waals surface area (Å²) in [6, 6.07) is 24.8. The molecule has 0 N–H and O–H groups in total. The van der Waals surface area contributed by atoms with Crippen LogP contribution in [0.1, 0.15) is 27.7 Å². The van der Waals surface area contributed by atoms with Gasteiger partial charge in [-0.1, -0.05) is 60.7 Å². The molecule has 5 aromatic rings. The second-order valence-electron chi connectivity index (χ2n) is 11.7. The average Bonchev–Trinajstić information content (AvgIpc) is 3.52. The molecule has 0 aliphatic carbocycles. The van der Waals surface area contributed by atoms with Crippen LogP contribution in [0.2, 0.25) is 0 Å². The fraction of sp³-hybridized carbons (Fsp3) is 0.375. The van der Waals surface area contributed by atoms with Crippen LogP contribution in [-0.4, -0.2) is 48.9 Å². The van der Waals surface area contributed by atoms with Crippen molar-refractivity contribution >= 4 is 51.7 Å². The fourth-order valence-electron chi connectivity index (χ4n) is 6.29. The van der Waals surface area contributed by atoms with Crippen LogP contribution in [0.3, 0.4) is 0 Å². The van der Waals surface area contributed by atoms with Gasteiger partial charge in [-0.15, -0.1) is 0 Å². The van der Waals surface area contributed by atoms with Crippen LogP contribution in [0, 0.1) is 0 Å². The third kappa shape index (κ3) is 4.37. The number of hydrogen-bond donors (Lipinski definition) is 0. The van der Waals surface area contributed by atoms with Crippen molar-refractivity contribution in [2.45, 2.75) is 70.0 Å². The van der Waals surface area contributed by atoms with Gasteiger partial charge in [0.1, 0.15) is 35.6 Å². The zero-order valence-corrected chi connectivity index (χ0v) is 24.1. The molecule has 5 atom stereocenters. The second kappa shape index (κ2) is 9.28. The van der Waals surface area contributed by atoms with Crippen LogP contribution in [0.5, 0.6) is 0 Å². The fourth-order valence-corrected chi connectivity index (χ4v) is 7.48. The average molecular weight is 575 g/mol. The highest BCUT2D eigenvalue weighted by atomic mass is 31.1. The molecule has 0 spiro atoms. The Balaban J connectivity index is 1.32. The van der Waals surface area contributed by atoms with Gasteiger partial charge in [0.25, 0.3) is 0 Å². The molecule has 9 heteroatoms. The van der Waals surface area contributed by atoms with E-state index in [1.165, 1.54) is 0 Å². The molecule has 0 amide bonds. The number of benzene rings is 4. The Morgan fingerprint density at radius 3 is 1.88 bits per heavy atom. The quantitative estimate of drug-likeness (QED) is 0.220. The van der Waals surface area contributed by atoms with E-state index in [1.807, 2.05) is 64.1 Å². The van der Waals surface area contributed by atoms with E-state index in [4.69, 9.17) is 36.6 Å². The van der Waals surface area contributed by atoms with Crippen LogP contribution < -0.4 is 4.52 Å². The monoisotopic (exact) mass is 574 g/mol. The number of rotatable bonds is 3. The van der Waals surface area contributed by atoms with Gasteiger partial charge in [-0.05, 0) is 61.4 Å². The molecule has 0 bridgehead atoms. The molecule has 0 unspecified atom stereocenters. The summed E-state index contributed by atoms with van der Waals surface area (Å²) in [4.78, 5) is 0. The molecule has 3 saturated heterocycles. The molecule has 8 nitrogen and oxygen atoms in total. The highest BCUT2D eigenvalue weighted by molar-refractivity contribution is 7.31. The summed E-state index contributed by atoms with van der Waals surface area (Å²) in [5.41, 5.74) is 1.39. The molecule has 212 valence electrons. The van der Waals surface area contributed by atoms with Gasteiger partial charge >= 0.3 is 8.24 Å². The van der Waals surface area contributed by atoms with Crippen LogP contribution >= 0.6 is 8.24 Å². The van der Waals surface area contributed by atoms with Gasteiger partial charge in [0.15, 0.2) is 17.9 Å². The van der Waals surface area contributed by atoms with Crippen molar-refractivity contribution in [3.05, 3.63) is 72.8 Å². The van der Waals surface area contributed by atoms with Crippen molar-refractivity contribution in [1.29, 1.82) is 0 Å². The third-order valence-electron chi connectivity index (χ3n) is 8.01. The zero-order valence-electron chi connectivity index (χ0n) is 23.2. The van der Waals surface area contributed by atoms with Crippen molar-refractivity contribution in [2.75, 3.05) is 6.61 Å². The first kappa shape index (κ1) is 25.7. The molecule has 41 heavy (non-hydrogen) atoms. The minimum atomic E-state index is -1.92. The Bertz CT molecular complexity index is 1750. The minimum Gasteiger partial charge on any atom is -0.399 e. The van der Waals surface area contributed by atoms with E-state index < -0.39 is 44.4 Å². The van der Waals surface area contributed by atoms with Gasteiger partial charge < -0.3 is 32.1 Å². The SMILES string of the molecule is CC1(C)O[C@H]2O[C@H]([C@@H]3COC(C)(C)O3)[C@H](Op3oc4ccc5ccccc5c4c4c(ccc5ccccc54)o3)[C@H]2O1. The summed E-state index contributed by atoms with van der Waals surface area (Å²) in [5, 5.41) is 6.37. The Kier molecular flexibility index (Phi) is 5.83. The predicted octanol–water partition coefficient (Wildman–Crippen LogP) is 7.42. The van der Waals surface area contributed by atoms with Gasteiger partial charge in [-0.25, -0.2) is 0 Å². The second-order valence-corrected chi connectivity index (χ2v) is 12.8. The molecule has 3 aliphatic rings. The first-order valence-electron chi connectivity index (χ1n) is 13.9. The van der Waals surface area contributed by atoms with Crippen LogP contribution in [0.15, 0.2) is 81.2 Å². The van der Waals surface area contributed by atoms with E-state index in [9.17, 15) is 0 Å². The summed E-state index contributed by atoms with van der Waals surface area (Å²) >= 11 is 0. The Hall–Kier alpha value is -2.94. The van der Waals surface area contributed by atoms with E-state index >= 15 is 0 Å². The predicted molar refractivity (Wildman–Crippen MR) is 155 cm³/mol. The van der Waals surface area contributed by atoms with E-state index in [-0.39, 0.29) is 6.10 Å². The number of ether oxygens (including phenoxy) is 5. The lowest BCUT2D eigenvalue weighted by Gasteiger charge is -2.28. The molecule has 0 saturated carbocycles. The molecular weight excluding hydrogens is 543 g/mol. The first-order valence-corrected chi connectivity index (χ1v) is 15.0. The molecule has 4 heterocycles.